The normalized spacial score (nSPS) is 14.3. The molecule has 0 aromatic rings. The predicted molar refractivity (Wildman–Crippen MR) is 224 cm³/mol. The summed E-state index contributed by atoms with van der Waals surface area (Å²) in [6.45, 7) is 2.30. The zero-order valence-corrected chi connectivity index (χ0v) is 35.5. The summed E-state index contributed by atoms with van der Waals surface area (Å²) in [7, 11) is -4.62. The summed E-state index contributed by atoms with van der Waals surface area (Å²) in [5.74, 6) is -0.956. The number of ether oxygens (including phenoxy) is 2. The molecule has 0 aliphatic heterocycles. The highest BCUT2D eigenvalue weighted by molar-refractivity contribution is 7.47. The summed E-state index contributed by atoms with van der Waals surface area (Å²) in [6.07, 6.45) is 42.1. The molecule has 55 heavy (non-hydrogen) atoms. The van der Waals surface area contributed by atoms with Crippen LogP contribution in [0, 0.1) is 0 Å². The molecule has 0 aromatic carbocycles. The van der Waals surface area contributed by atoms with Crippen LogP contribution in [0.3, 0.4) is 0 Å². The van der Waals surface area contributed by atoms with Crippen molar-refractivity contribution in [2.45, 2.75) is 193 Å². The molecule has 0 saturated carbocycles. The molecule has 0 saturated heterocycles. The maximum Gasteiger partial charge on any atom is 0.472 e. The van der Waals surface area contributed by atoms with Gasteiger partial charge in [0.25, 0.3) is 0 Å². The molecule has 3 N–H and O–H groups in total. The van der Waals surface area contributed by atoms with Crippen LogP contribution >= 0.6 is 7.82 Å². The summed E-state index contributed by atoms with van der Waals surface area (Å²) in [6, 6.07) is 0. The number of esters is 2. The smallest absolute Gasteiger partial charge is 0.462 e. The maximum atomic E-state index is 12.6. The number of allylic oxidation sites excluding steroid dienone is 8. The average Bonchev–Trinajstić information content (AvgIpc) is 3.17. The number of unbranched alkanes of at least 4 members (excludes halogenated alkanes) is 18. The molecule has 0 bridgehead atoms. The Kier molecular flexibility index (Phi) is 38.6. The summed E-state index contributed by atoms with van der Waals surface area (Å²) in [5, 5.41) is 18.3. The first-order chi connectivity index (χ1) is 26.7. The molecule has 0 fully saturated rings. The topological polar surface area (TPSA) is 149 Å². The first-order valence-electron chi connectivity index (χ1n) is 21.6. The number of carbonyl (C=O) groups excluding carboxylic acids is 2. The molecule has 1 unspecified atom stereocenters. The van der Waals surface area contributed by atoms with Gasteiger partial charge >= 0.3 is 19.8 Å². The minimum absolute atomic E-state index is 0.173. The first kappa shape index (κ1) is 52.9. The minimum atomic E-state index is -4.62. The zero-order chi connectivity index (χ0) is 40.5. The lowest BCUT2D eigenvalue weighted by molar-refractivity contribution is -0.161. The van der Waals surface area contributed by atoms with Crippen molar-refractivity contribution in [3.63, 3.8) is 0 Å². The van der Waals surface area contributed by atoms with Gasteiger partial charge in [-0.05, 0) is 77.0 Å². The van der Waals surface area contributed by atoms with Gasteiger partial charge < -0.3 is 24.6 Å². The molecule has 3 atom stereocenters. The minimum Gasteiger partial charge on any atom is -0.462 e. The number of aliphatic hydroxyl groups is 2. The summed E-state index contributed by atoms with van der Waals surface area (Å²) < 4.78 is 32.7. The SMILES string of the molecule is CCCCC/C=C/C/C=C/C/C=C/CCCCCCC(=O)OC[C@H](COP(=O)(O)OC[C@@H](O)CO)OC(=O)CCCCCCCCC/C=C/CCCCCC. The first-order valence-corrected chi connectivity index (χ1v) is 23.1. The predicted octanol–water partition coefficient (Wildman–Crippen LogP) is 11.3. The van der Waals surface area contributed by atoms with Gasteiger partial charge in [-0.3, -0.25) is 18.6 Å². The van der Waals surface area contributed by atoms with Crippen LogP contribution in [0.1, 0.15) is 181 Å². The molecule has 0 spiro atoms. The number of rotatable bonds is 40. The second kappa shape index (κ2) is 40.1. The van der Waals surface area contributed by atoms with Gasteiger partial charge in [-0.1, -0.05) is 140 Å². The van der Waals surface area contributed by atoms with E-state index in [1.165, 1.54) is 77.0 Å². The van der Waals surface area contributed by atoms with Crippen molar-refractivity contribution >= 4 is 19.8 Å². The van der Waals surface area contributed by atoms with E-state index in [2.05, 4.69) is 67.0 Å². The third-order valence-corrected chi connectivity index (χ3v) is 9.91. The van der Waals surface area contributed by atoms with Crippen molar-refractivity contribution in [2.75, 3.05) is 26.4 Å². The van der Waals surface area contributed by atoms with Crippen LogP contribution in [0.4, 0.5) is 0 Å². The van der Waals surface area contributed by atoms with Crippen molar-refractivity contribution in [2.24, 2.45) is 0 Å². The van der Waals surface area contributed by atoms with Gasteiger partial charge in [-0.2, -0.15) is 0 Å². The highest BCUT2D eigenvalue weighted by atomic mass is 31.2. The molecule has 10 nitrogen and oxygen atoms in total. The number of phosphoric ester groups is 1. The number of hydrogen-bond acceptors (Lipinski definition) is 9. The van der Waals surface area contributed by atoms with Gasteiger partial charge in [0.15, 0.2) is 6.10 Å². The van der Waals surface area contributed by atoms with Crippen molar-refractivity contribution < 1.29 is 47.8 Å². The number of carbonyl (C=O) groups is 2. The fourth-order valence-electron chi connectivity index (χ4n) is 5.58. The fraction of sp³-hybridized carbons (Fsp3) is 0.773. The van der Waals surface area contributed by atoms with Gasteiger partial charge in [0.05, 0.1) is 19.8 Å². The van der Waals surface area contributed by atoms with E-state index < -0.39 is 51.8 Å². The highest BCUT2D eigenvalue weighted by Gasteiger charge is 2.27. The fourth-order valence-corrected chi connectivity index (χ4v) is 6.37. The number of aliphatic hydroxyl groups excluding tert-OH is 2. The Hall–Kier alpha value is -2.07. The van der Waals surface area contributed by atoms with Crippen LogP contribution in [0.15, 0.2) is 48.6 Å². The van der Waals surface area contributed by atoms with Gasteiger partial charge in [0.1, 0.15) is 12.7 Å². The lowest BCUT2D eigenvalue weighted by Crippen LogP contribution is -2.29. The van der Waals surface area contributed by atoms with E-state index in [1.807, 2.05) is 0 Å². The number of phosphoric acid groups is 1. The molecular formula is C44H79O10P. The molecule has 0 aliphatic carbocycles. The monoisotopic (exact) mass is 799 g/mol. The van der Waals surface area contributed by atoms with Gasteiger partial charge in [0, 0.05) is 12.8 Å². The summed E-state index contributed by atoms with van der Waals surface area (Å²) >= 11 is 0. The largest absolute Gasteiger partial charge is 0.472 e. The average molecular weight is 799 g/mol. The van der Waals surface area contributed by atoms with Gasteiger partial charge in [-0.15, -0.1) is 0 Å². The van der Waals surface area contributed by atoms with E-state index in [9.17, 15) is 24.2 Å². The van der Waals surface area contributed by atoms with Crippen LogP contribution in [-0.2, 0) is 32.7 Å². The Bertz CT molecular complexity index is 1060. The second-order valence-electron chi connectivity index (χ2n) is 14.4. The van der Waals surface area contributed by atoms with Crippen LogP contribution < -0.4 is 0 Å². The van der Waals surface area contributed by atoms with E-state index in [1.54, 1.807) is 0 Å². The van der Waals surface area contributed by atoms with E-state index in [4.69, 9.17) is 19.1 Å². The third-order valence-electron chi connectivity index (χ3n) is 8.96. The Morgan fingerprint density at radius 3 is 1.47 bits per heavy atom. The molecule has 0 radical (unpaired) electrons. The van der Waals surface area contributed by atoms with E-state index in [0.29, 0.717) is 12.8 Å². The van der Waals surface area contributed by atoms with E-state index in [0.717, 1.165) is 64.2 Å². The lowest BCUT2D eigenvalue weighted by Gasteiger charge is -2.20. The third kappa shape index (κ3) is 39.9. The summed E-state index contributed by atoms with van der Waals surface area (Å²) in [4.78, 5) is 35.0. The molecule has 0 amide bonds. The Morgan fingerprint density at radius 2 is 0.945 bits per heavy atom. The van der Waals surface area contributed by atoms with Crippen LogP contribution in [0.5, 0.6) is 0 Å². The lowest BCUT2D eigenvalue weighted by atomic mass is 10.1. The van der Waals surface area contributed by atoms with Crippen molar-refractivity contribution in [1.29, 1.82) is 0 Å². The number of hydrogen-bond donors (Lipinski definition) is 3. The second-order valence-corrected chi connectivity index (χ2v) is 15.8. The van der Waals surface area contributed by atoms with Gasteiger partial charge in [0.2, 0.25) is 0 Å². The van der Waals surface area contributed by atoms with Crippen LogP contribution in [0.25, 0.3) is 0 Å². The Labute approximate surface area is 334 Å². The highest BCUT2D eigenvalue weighted by Crippen LogP contribution is 2.43. The molecule has 11 heteroatoms. The Morgan fingerprint density at radius 1 is 0.545 bits per heavy atom. The van der Waals surface area contributed by atoms with Crippen molar-refractivity contribution in [1.82, 2.24) is 0 Å². The van der Waals surface area contributed by atoms with Crippen molar-refractivity contribution in [3.05, 3.63) is 48.6 Å². The maximum absolute atomic E-state index is 12.6. The molecular weight excluding hydrogens is 719 g/mol. The van der Waals surface area contributed by atoms with E-state index >= 15 is 0 Å². The summed E-state index contributed by atoms with van der Waals surface area (Å²) in [5.41, 5.74) is 0. The van der Waals surface area contributed by atoms with Crippen molar-refractivity contribution in [3.8, 4) is 0 Å². The van der Waals surface area contributed by atoms with Crippen LogP contribution in [-0.4, -0.2) is 65.7 Å². The molecule has 0 aliphatic rings. The quantitative estimate of drug-likeness (QED) is 0.0237. The van der Waals surface area contributed by atoms with Crippen LogP contribution in [0.2, 0.25) is 0 Å². The molecule has 0 aromatic heterocycles. The molecule has 0 heterocycles. The Balaban J connectivity index is 4.35. The standard InChI is InChI=1S/C44H79O10P/c1-3-5-7-9-11-13-15-17-19-20-22-23-25-27-29-31-33-35-43(47)51-39-42(40-53-55(49,50)52-38-41(46)37-45)54-44(48)36-34-32-30-28-26-24-21-18-16-14-12-10-8-6-4-2/h11,13-14,16-17,19,22-23,41-42,45-46H,3-10,12,15,18,20-21,24-40H2,1-2H3,(H,49,50)/b13-11+,16-14+,19-17+,23-22+/t41-,42+/m0/s1. The zero-order valence-electron chi connectivity index (χ0n) is 34.6. The molecule has 0 rings (SSSR count). The molecule has 320 valence electrons. The van der Waals surface area contributed by atoms with E-state index in [-0.39, 0.29) is 19.4 Å². The van der Waals surface area contributed by atoms with Gasteiger partial charge in [-0.25, -0.2) is 4.57 Å².